The summed E-state index contributed by atoms with van der Waals surface area (Å²) in [4.78, 5) is 24.7. The third-order valence-corrected chi connectivity index (χ3v) is 7.19. The standard InChI is InChI=1S/C20H26BrN3O4S/c1-4-18(15-7-9-16(21)10-8-15)22-19(25)14-23-13-17(11-12-20(23)26)29(27,28)24(5-2)6-3/h7-13,18H,4-6,14H2,1-3H3,(H,22,25). The molecule has 1 amide bonds. The summed E-state index contributed by atoms with van der Waals surface area (Å²) >= 11 is 3.38. The molecule has 0 saturated heterocycles. The zero-order chi connectivity index (χ0) is 21.6. The van der Waals surface area contributed by atoms with Crippen LogP contribution >= 0.6 is 15.9 Å². The predicted octanol–water partition coefficient (Wildman–Crippen LogP) is 2.91. The number of carbonyl (C=O) groups is 1. The molecular formula is C20H26BrN3O4S. The number of nitrogens with one attached hydrogen (secondary N) is 1. The smallest absolute Gasteiger partial charge is 0.251 e. The van der Waals surface area contributed by atoms with Crippen molar-refractivity contribution in [2.45, 2.75) is 44.7 Å². The van der Waals surface area contributed by atoms with E-state index in [2.05, 4.69) is 21.2 Å². The highest BCUT2D eigenvalue weighted by Gasteiger charge is 2.23. The largest absolute Gasteiger partial charge is 0.348 e. The number of carbonyl (C=O) groups excluding carboxylic acids is 1. The van der Waals surface area contributed by atoms with Gasteiger partial charge in [0.1, 0.15) is 6.54 Å². The van der Waals surface area contributed by atoms with Crippen molar-refractivity contribution in [2.24, 2.45) is 0 Å². The van der Waals surface area contributed by atoms with Crippen LogP contribution in [0.25, 0.3) is 0 Å². The first-order valence-electron chi connectivity index (χ1n) is 9.48. The zero-order valence-electron chi connectivity index (χ0n) is 16.8. The van der Waals surface area contributed by atoms with E-state index in [0.717, 1.165) is 14.6 Å². The quantitative estimate of drug-likeness (QED) is 0.593. The normalized spacial score (nSPS) is 12.7. The number of amides is 1. The number of aromatic nitrogens is 1. The van der Waals surface area contributed by atoms with Crippen LogP contribution in [-0.4, -0.2) is 36.3 Å². The number of benzene rings is 1. The molecule has 0 bridgehead atoms. The van der Waals surface area contributed by atoms with Crippen molar-refractivity contribution in [1.29, 1.82) is 0 Å². The van der Waals surface area contributed by atoms with Crippen LogP contribution < -0.4 is 10.9 Å². The van der Waals surface area contributed by atoms with Crippen LogP contribution in [0.3, 0.4) is 0 Å². The summed E-state index contributed by atoms with van der Waals surface area (Å²) in [5.74, 6) is -0.362. The van der Waals surface area contributed by atoms with Crippen LogP contribution in [-0.2, 0) is 21.4 Å². The van der Waals surface area contributed by atoms with Crippen LogP contribution in [0.4, 0.5) is 0 Å². The summed E-state index contributed by atoms with van der Waals surface area (Å²) in [6.45, 7) is 5.84. The molecule has 1 N–H and O–H groups in total. The lowest BCUT2D eigenvalue weighted by Gasteiger charge is -2.20. The van der Waals surface area contributed by atoms with Crippen LogP contribution in [0.1, 0.15) is 38.8 Å². The number of hydrogen-bond acceptors (Lipinski definition) is 4. The highest BCUT2D eigenvalue weighted by Crippen LogP contribution is 2.19. The maximum absolute atomic E-state index is 12.7. The molecule has 0 fully saturated rings. The van der Waals surface area contributed by atoms with Crippen LogP contribution in [0.2, 0.25) is 0 Å². The number of pyridine rings is 1. The SMILES string of the molecule is CCC(NC(=O)Cn1cc(S(=O)(=O)N(CC)CC)ccc1=O)c1ccc(Br)cc1. The maximum Gasteiger partial charge on any atom is 0.251 e. The second-order valence-corrected chi connectivity index (χ2v) is 9.35. The molecule has 2 aromatic rings. The van der Waals surface area contributed by atoms with E-state index in [-0.39, 0.29) is 23.4 Å². The van der Waals surface area contributed by atoms with Crippen molar-refractivity contribution < 1.29 is 13.2 Å². The summed E-state index contributed by atoms with van der Waals surface area (Å²) in [5, 5.41) is 2.91. The van der Waals surface area contributed by atoms with Gasteiger partial charge in [-0.25, -0.2) is 8.42 Å². The minimum atomic E-state index is -3.71. The van der Waals surface area contributed by atoms with Gasteiger partial charge in [0.25, 0.3) is 5.56 Å². The molecule has 0 aliphatic heterocycles. The number of halogens is 1. The lowest BCUT2D eigenvalue weighted by molar-refractivity contribution is -0.122. The highest BCUT2D eigenvalue weighted by molar-refractivity contribution is 9.10. The van der Waals surface area contributed by atoms with Gasteiger partial charge in [-0.2, -0.15) is 4.31 Å². The van der Waals surface area contributed by atoms with Gasteiger partial charge in [-0.05, 0) is 30.2 Å². The van der Waals surface area contributed by atoms with Crippen LogP contribution in [0, 0.1) is 0 Å². The number of rotatable bonds is 9. The Labute approximate surface area is 179 Å². The molecule has 0 radical (unpaired) electrons. The predicted molar refractivity (Wildman–Crippen MR) is 116 cm³/mol. The first-order valence-corrected chi connectivity index (χ1v) is 11.7. The highest BCUT2D eigenvalue weighted by atomic mass is 79.9. The Morgan fingerprint density at radius 3 is 2.28 bits per heavy atom. The Morgan fingerprint density at radius 1 is 1.10 bits per heavy atom. The maximum atomic E-state index is 12.7. The summed E-state index contributed by atoms with van der Waals surface area (Å²) in [6, 6.07) is 9.89. The topological polar surface area (TPSA) is 88.5 Å². The molecule has 1 heterocycles. The summed E-state index contributed by atoms with van der Waals surface area (Å²) in [5.41, 5.74) is 0.518. The van der Waals surface area contributed by atoms with Gasteiger partial charge in [0, 0.05) is 29.8 Å². The van der Waals surface area contributed by atoms with Gasteiger partial charge < -0.3 is 9.88 Å². The third-order valence-electron chi connectivity index (χ3n) is 4.63. The molecular weight excluding hydrogens is 458 g/mol. The molecule has 0 spiro atoms. The van der Waals surface area contributed by atoms with E-state index in [9.17, 15) is 18.0 Å². The minimum Gasteiger partial charge on any atom is -0.348 e. The van der Waals surface area contributed by atoms with Gasteiger partial charge in [-0.1, -0.05) is 48.8 Å². The lowest BCUT2D eigenvalue weighted by atomic mass is 10.0. The Kier molecular flexibility index (Phi) is 8.18. The van der Waals surface area contributed by atoms with Crippen molar-refractivity contribution in [3.8, 4) is 0 Å². The second kappa shape index (κ2) is 10.2. The second-order valence-electron chi connectivity index (χ2n) is 6.50. The molecule has 1 atom stereocenters. The Hall–Kier alpha value is -1.97. The van der Waals surface area contributed by atoms with Gasteiger partial charge in [0.05, 0.1) is 10.9 Å². The Balaban J connectivity index is 2.21. The molecule has 7 nitrogen and oxygen atoms in total. The molecule has 0 saturated carbocycles. The fourth-order valence-electron chi connectivity index (χ4n) is 3.01. The van der Waals surface area contributed by atoms with E-state index in [1.54, 1.807) is 13.8 Å². The molecule has 0 aliphatic carbocycles. The van der Waals surface area contributed by atoms with E-state index in [4.69, 9.17) is 0 Å². The molecule has 9 heteroatoms. The van der Waals surface area contributed by atoms with Gasteiger partial charge in [0.15, 0.2) is 0 Å². The molecule has 1 aromatic heterocycles. The van der Waals surface area contributed by atoms with E-state index in [0.29, 0.717) is 19.5 Å². The van der Waals surface area contributed by atoms with E-state index in [1.807, 2.05) is 31.2 Å². The van der Waals surface area contributed by atoms with Crippen LogP contribution in [0.5, 0.6) is 0 Å². The first-order chi connectivity index (χ1) is 13.7. The average molecular weight is 484 g/mol. The fraction of sp³-hybridized carbons (Fsp3) is 0.400. The van der Waals surface area contributed by atoms with Crippen molar-refractivity contribution in [2.75, 3.05) is 13.1 Å². The molecule has 1 unspecified atom stereocenters. The molecule has 2 rings (SSSR count). The average Bonchev–Trinajstić information content (AvgIpc) is 2.69. The Morgan fingerprint density at radius 2 is 1.72 bits per heavy atom. The van der Waals surface area contributed by atoms with Crippen molar-refractivity contribution in [3.05, 3.63) is 63.0 Å². The van der Waals surface area contributed by atoms with E-state index in [1.165, 1.54) is 22.6 Å². The van der Waals surface area contributed by atoms with Crippen LogP contribution in [0.15, 0.2) is 56.8 Å². The van der Waals surface area contributed by atoms with Gasteiger partial charge in [0.2, 0.25) is 15.9 Å². The Bertz CT molecular complexity index is 999. The van der Waals surface area contributed by atoms with E-state index >= 15 is 0 Å². The molecule has 1 aromatic carbocycles. The van der Waals surface area contributed by atoms with Crippen molar-refractivity contribution in [1.82, 2.24) is 14.2 Å². The zero-order valence-corrected chi connectivity index (χ0v) is 19.2. The summed E-state index contributed by atoms with van der Waals surface area (Å²) in [6.07, 6.45) is 1.91. The third kappa shape index (κ3) is 5.77. The first kappa shape index (κ1) is 23.3. The van der Waals surface area contributed by atoms with Gasteiger partial charge in [-0.3, -0.25) is 9.59 Å². The minimum absolute atomic E-state index is 0.00597. The molecule has 29 heavy (non-hydrogen) atoms. The fourth-order valence-corrected chi connectivity index (χ4v) is 4.75. The van der Waals surface area contributed by atoms with Crippen molar-refractivity contribution >= 4 is 31.9 Å². The lowest BCUT2D eigenvalue weighted by Crippen LogP contribution is -2.35. The number of sulfonamides is 1. The van der Waals surface area contributed by atoms with Gasteiger partial charge >= 0.3 is 0 Å². The summed E-state index contributed by atoms with van der Waals surface area (Å²) in [7, 11) is -3.71. The number of hydrogen-bond donors (Lipinski definition) is 1. The van der Waals surface area contributed by atoms with E-state index < -0.39 is 15.6 Å². The monoisotopic (exact) mass is 483 g/mol. The summed E-state index contributed by atoms with van der Waals surface area (Å²) < 4.78 is 28.7. The number of nitrogens with zero attached hydrogens (tertiary/aromatic N) is 2. The molecule has 0 aliphatic rings. The van der Waals surface area contributed by atoms with Gasteiger partial charge in [-0.15, -0.1) is 0 Å². The van der Waals surface area contributed by atoms with Crippen molar-refractivity contribution in [3.63, 3.8) is 0 Å². The molecule has 158 valence electrons.